The second-order valence-corrected chi connectivity index (χ2v) is 13.3. The highest BCUT2D eigenvalue weighted by molar-refractivity contribution is 6.33. The molecule has 5 heterocycles. The van der Waals surface area contributed by atoms with E-state index in [1.807, 2.05) is 25.2 Å². The Morgan fingerprint density at radius 1 is 1.04 bits per heavy atom. The lowest BCUT2D eigenvalue weighted by molar-refractivity contribution is -0.136. The Hall–Kier alpha value is -4.92. The average Bonchev–Trinajstić information content (AvgIpc) is 3.56. The van der Waals surface area contributed by atoms with Crippen LogP contribution in [0.1, 0.15) is 55.7 Å². The molecular formula is C34H35ClF3N9O3. The molecule has 2 aromatic heterocycles. The molecule has 3 aliphatic heterocycles. The smallest absolute Gasteiger partial charge is 0.382 e. The van der Waals surface area contributed by atoms with Gasteiger partial charge in [-0.3, -0.25) is 24.4 Å². The van der Waals surface area contributed by atoms with Crippen molar-refractivity contribution >= 4 is 69.1 Å². The number of amides is 3. The summed E-state index contributed by atoms with van der Waals surface area (Å²) in [5, 5.41) is 15.1. The van der Waals surface area contributed by atoms with Crippen molar-refractivity contribution in [1.82, 2.24) is 25.1 Å². The number of aromatic nitrogens is 4. The first-order valence-corrected chi connectivity index (χ1v) is 16.9. The van der Waals surface area contributed by atoms with Crippen molar-refractivity contribution < 1.29 is 27.6 Å². The van der Waals surface area contributed by atoms with Gasteiger partial charge < -0.3 is 20.4 Å². The van der Waals surface area contributed by atoms with Crippen molar-refractivity contribution in [2.45, 2.75) is 63.1 Å². The van der Waals surface area contributed by atoms with Gasteiger partial charge in [-0.2, -0.15) is 23.3 Å². The minimum absolute atomic E-state index is 0.0123. The number of anilines is 5. The molecule has 2 saturated heterocycles. The number of aryl methyl sites for hydroxylation is 1. The number of carbonyl (C=O) groups is 3. The summed E-state index contributed by atoms with van der Waals surface area (Å²) in [6.07, 6.45) is -1.29. The van der Waals surface area contributed by atoms with Gasteiger partial charge in [0.05, 0.1) is 29.7 Å². The highest BCUT2D eigenvalue weighted by atomic mass is 35.5. The summed E-state index contributed by atoms with van der Waals surface area (Å²) in [4.78, 5) is 49.3. The molecule has 3 amide bonds. The highest BCUT2D eigenvalue weighted by Crippen LogP contribution is 2.35. The molecule has 1 unspecified atom stereocenters. The summed E-state index contributed by atoms with van der Waals surface area (Å²) >= 11 is 6.46. The quantitative estimate of drug-likeness (QED) is 0.190. The van der Waals surface area contributed by atoms with Gasteiger partial charge in [0.25, 0.3) is 0 Å². The number of carbonyl (C=O) groups excluding carboxylic acids is 3. The van der Waals surface area contributed by atoms with Gasteiger partial charge in [0.15, 0.2) is 5.82 Å². The molecule has 0 bridgehead atoms. The Labute approximate surface area is 290 Å². The SMILES string of the molecule is Cn1nc(C2CCC(=O)NC2=O)c2ccc(NC3CCN(c4ncc(Cl)c(Nc5ccc6c(c5)CC(=O)N6CCCC(F)(F)F)n4)CC3)cc21. The summed E-state index contributed by atoms with van der Waals surface area (Å²) in [5.41, 5.74) is 4.52. The van der Waals surface area contributed by atoms with Gasteiger partial charge in [-0.1, -0.05) is 11.6 Å². The molecule has 4 aromatic rings. The van der Waals surface area contributed by atoms with E-state index in [1.165, 1.54) is 4.90 Å². The molecule has 0 spiro atoms. The Morgan fingerprint density at radius 2 is 1.82 bits per heavy atom. The van der Waals surface area contributed by atoms with Gasteiger partial charge in [-0.05, 0) is 67.6 Å². The number of hydrogen-bond donors (Lipinski definition) is 3. The van der Waals surface area contributed by atoms with Crippen LogP contribution >= 0.6 is 11.6 Å². The fourth-order valence-electron chi connectivity index (χ4n) is 6.92. The van der Waals surface area contributed by atoms with Crippen LogP contribution in [0.3, 0.4) is 0 Å². The third-order valence-electron chi connectivity index (χ3n) is 9.45. The Morgan fingerprint density at radius 3 is 2.58 bits per heavy atom. The first kappa shape index (κ1) is 33.6. The average molecular weight is 710 g/mol. The lowest BCUT2D eigenvalue weighted by Gasteiger charge is -2.33. The van der Waals surface area contributed by atoms with E-state index >= 15 is 0 Å². The normalized spacial score (nSPS) is 18.5. The molecule has 0 radical (unpaired) electrons. The minimum Gasteiger partial charge on any atom is -0.382 e. The predicted octanol–water partition coefficient (Wildman–Crippen LogP) is 5.59. The molecule has 2 aromatic carbocycles. The zero-order valence-electron chi connectivity index (χ0n) is 27.2. The lowest BCUT2D eigenvalue weighted by Crippen LogP contribution is -2.40. The topological polar surface area (TPSA) is 137 Å². The largest absolute Gasteiger partial charge is 0.389 e. The van der Waals surface area contributed by atoms with Crippen LogP contribution < -0.4 is 25.8 Å². The standard InChI is InChI=1S/C34H35ClF3N9O3/c1-45-27-17-22(3-5-23(27)30(44-45)24-6-8-28(48)42-32(24)50)40-20-9-13-46(14-10-20)33-39-18-25(35)31(43-33)41-21-4-7-26-19(15-21)16-29(49)47(26)12-2-11-34(36,37)38/h3-5,7,15,17-18,20,24,40H,2,6,8-14,16H2,1H3,(H,39,41,43)(H,42,48,50). The number of piperidine rings is 2. The molecule has 12 nitrogen and oxygen atoms in total. The van der Waals surface area contributed by atoms with E-state index in [9.17, 15) is 27.6 Å². The Kier molecular flexibility index (Phi) is 9.01. The summed E-state index contributed by atoms with van der Waals surface area (Å²) < 4.78 is 39.6. The number of imide groups is 1. The number of rotatable bonds is 9. The predicted molar refractivity (Wildman–Crippen MR) is 183 cm³/mol. The van der Waals surface area contributed by atoms with Crippen molar-refractivity contribution in [1.29, 1.82) is 0 Å². The molecule has 16 heteroatoms. The fourth-order valence-corrected chi connectivity index (χ4v) is 7.06. The number of fused-ring (bicyclic) bond motifs is 2. The molecule has 50 heavy (non-hydrogen) atoms. The maximum absolute atomic E-state index is 12.6. The van der Waals surface area contributed by atoms with Crippen molar-refractivity contribution in [3.63, 3.8) is 0 Å². The molecule has 1 atom stereocenters. The first-order chi connectivity index (χ1) is 23.9. The monoisotopic (exact) mass is 709 g/mol. The van der Waals surface area contributed by atoms with Gasteiger partial charge >= 0.3 is 6.18 Å². The summed E-state index contributed by atoms with van der Waals surface area (Å²) in [6, 6.07) is 11.5. The second-order valence-electron chi connectivity index (χ2n) is 12.9. The molecule has 0 saturated carbocycles. The second kappa shape index (κ2) is 13.4. The molecular weight excluding hydrogens is 675 g/mol. The summed E-state index contributed by atoms with van der Waals surface area (Å²) in [7, 11) is 1.85. The van der Waals surface area contributed by atoms with Crippen LogP contribution in [0.25, 0.3) is 10.9 Å². The Balaban J connectivity index is 0.968. The molecule has 0 aliphatic carbocycles. The van der Waals surface area contributed by atoms with E-state index in [4.69, 9.17) is 16.6 Å². The highest BCUT2D eigenvalue weighted by Gasteiger charge is 2.33. The van der Waals surface area contributed by atoms with Gasteiger partial charge in [0.2, 0.25) is 23.7 Å². The summed E-state index contributed by atoms with van der Waals surface area (Å²) in [5.74, 6) is -0.306. The van der Waals surface area contributed by atoms with Crippen LogP contribution in [-0.2, 0) is 27.9 Å². The van der Waals surface area contributed by atoms with E-state index in [2.05, 4.69) is 30.9 Å². The number of benzene rings is 2. The van der Waals surface area contributed by atoms with E-state index < -0.39 is 18.5 Å². The molecule has 3 N–H and O–H groups in total. The van der Waals surface area contributed by atoms with E-state index in [0.717, 1.165) is 35.0 Å². The van der Waals surface area contributed by atoms with Crippen LogP contribution in [0.4, 0.5) is 42.0 Å². The van der Waals surface area contributed by atoms with Gasteiger partial charge in [-0.25, -0.2) is 4.98 Å². The zero-order valence-corrected chi connectivity index (χ0v) is 27.9. The van der Waals surface area contributed by atoms with Gasteiger partial charge in [0, 0.05) is 68.0 Å². The van der Waals surface area contributed by atoms with Crippen molar-refractivity contribution in [2.75, 3.05) is 40.1 Å². The summed E-state index contributed by atoms with van der Waals surface area (Å²) in [6.45, 7) is 1.42. The van der Waals surface area contributed by atoms with Gasteiger partial charge in [-0.15, -0.1) is 0 Å². The minimum atomic E-state index is -4.26. The van der Waals surface area contributed by atoms with Crippen LogP contribution in [0, 0.1) is 0 Å². The third-order valence-corrected chi connectivity index (χ3v) is 9.72. The van der Waals surface area contributed by atoms with Crippen molar-refractivity contribution in [3.8, 4) is 0 Å². The maximum Gasteiger partial charge on any atom is 0.389 e. The number of halogens is 4. The lowest BCUT2D eigenvalue weighted by atomic mass is 9.93. The maximum atomic E-state index is 12.6. The molecule has 3 aliphatic rings. The van der Waals surface area contributed by atoms with E-state index in [0.29, 0.717) is 59.8 Å². The number of nitrogens with one attached hydrogen (secondary N) is 3. The first-order valence-electron chi connectivity index (χ1n) is 16.5. The number of hydrogen-bond acceptors (Lipinski definition) is 9. The van der Waals surface area contributed by atoms with Crippen LogP contribution in [0.15, 0.2) is 42.6 Å². The molecule has 262 valence electrons. The van der Waals surface area contributed by atoms with Gasteiger partial charge in [0.1, 0.15) is 5.02 Å². The number of alkyl halides is 3. The van der Waals surface area contributed by atoms with Crippen LogP contribution in [0.2, 0.25) is 5.02 Å². The van der Waals surface area contributed by atoms with Crippen LogP contribution in [-0.4, -0.2) is 69.3 Å². The Bertz CT molecular complexity index is 1980. The van der Waals surface area contributed by atoms with E-state index in [-0.39, 0.29) is 43.1 Å². The third kappa shape index (κ3) is 7.04. The molecule has 7 rings (SSSR count). The van der Waals surface area contributed by atoms with E-state index in [1.54, 1.807) is 29.1 Å². The fraction of sp³-hybridized carbons (Fsp3) is 0.412. The molecule has 2 fully saturated rings. The van der Waals surface area contributed by atoms with Crippen molar-refractivity contribution in [3.05, 3.63) is 58.9 Å². The zero-order chi connectivity index (χ0) is 35.2. The van der Waals surface area contributed by atoms with Crippen molar-refractivity contribution in [2.24, 2.45) is 7.05 Å². The number of nitrogens with zero attached hydrogens (tertiary/aromatic N) is 6. The van der Waals surface area contributed by atoms with Crippen LogP contribution in [0.5, 0.6) is 0 Å².